The Balaban J connectivity index is 2.46. The number of hydrogen-bond donors (Lipinski definition) is 2. The Bertz CT molecular complexity index is 170. The minimum Gasteiger partial charge on any atom is -0.339 e. The van der Waals surface area contributed by atoms with E-state index in [2.05, 4.69) is 12.2 Å². The molecule has 1 fully saturated rings. The SMILES string of the molecule is CC1CN(C(=O)[C@@H](C)N)CCN1. The molecule has 1 heterocycles. The smallest absolute Gasteiger partial charge is 0.239 e. The second-order valence-corrected chi connectivity index (χ2v) is 3.43. The number of nitrogens with zero attached hydrogens (tertiary/aromatic N) is 1. The molecule has 1 amide bonds. The Kier molecular flexibility index (Phi) is 3.05. The van der Waals surface area contributed by atoms with Gasteiger partial charge in [-0.1, -0.05) is 0 Å². The van der Waals surface area contributed by atoms with E-state index in [1.165, 1.54) is 0 Å². The molecular weight excluding hydrogens is 154 g/mol. The molecule has 2 atom stereocenters. The van der Waals surface area contributed by atoms with Crippen molar-refractivity contribution in [1.29, 1.82) is 0 Å². The van der Waals surface area contributed by atoms with Gasteiger partial charge in [0.25, 0.3) is 0 Å². The van der Waals surface area contributed by atoms with Crippen LogP contribution in [0, 0.1) is 0 Å². The van der Waals surface area contributed by atoms with E-state index in [1.807, 2.05) is 4.90 Å². The van der Waals surface area contributed by atoms with Crippen LogP contribution in [-0.4, -0.2) is 42.5 Å². The van der Waals surface area contributed by atoms with Gasteiger partial charge < -0.3 is 16.0 Å². The molecule has 4 heteroatoms. The van der Waals surface area contributed by atoms with Crippen molar-refractivity contribution in [2.75, 3.05) is 19.6 Å². The van der Waals surface area contributed by atoms with Gasteiger partial charge in [0.2, 0.25) is 5.91 Å². The third-order valence-electron chi connectivity index (χ3n) is 2.07. The molecule has 0 aromatic rings. The maximum atomic E-state index is 11.4. The Morgan fingerprint density at radius 3 is 2.92 bits per heavy atom. The minimum absolute atomic E-state index is 0.0587. The van der Waals surface area contributed by atoms with Gasteiger partial charge in [0, 0.05) is 25.7 Å². The molecule has 1 aliphatic heterocycles. The van der Waals surface area contributed by atoms with Gasteiger partial charge in [0.05, 0.1) is 6.04 Å². The predicted octanol–water partition coefficient (Wildman–Crippen LogP) is -0.846. The number of piperazine rings is 1. The summed E-state index contributed by atoms with van der Waals surface area (Å²) < 4.78 is 0. The number of rotatable bonds is 1. The van der Waals surface area contributed by atoms with Crippen molar-refractivity contribution in [3.8, 4) is 0 Å². The Morgan fingerprint density at radius 1 is 1.75 bits per heavy atom. The van der Waals surface area contributed by atoms with Crippen LogP contribution in [0.4, 0.5) is 0 Å². The first kappa shape index (κ1) is 9.48. The van der Waals surface area contributed by atoms with E-state index in [1.54, 1.807) is 6.92 Å². The molecule has 0 bridgehead atoms. The zero-order valence-corrected chi connectivity index (χ0v) is 7.71. The molecule has 0 radical (unpaired) electrons. The normalized spacial score (nSPS) is 26.9. The van der Waals surface area contributed by atoms with Crippen LogP contribution >= 0.6 is 0 Å². The number of hydrogen-bond acceptors (Lipinski definition) is 3. The second-order valence-electron chi connectivity index (χ2n) is 3.43. The van der Waals surface area contributed by atoms with E-state index in [9.17, 15) is 4.79 Å². The van der Waals surface area contributed by atoms with Crippen LogP contribution in [0.3, 0.4) is 0 Å². The first-order valence-electron chi connectivity index (χ1n) is 4.39. The summed E-state index contributed by atoms with van der Waals surface area (Å²) in [5.74, 6) is 0.0587. The van der Waals surface area contributed by atoms with Crippen molar-refractivity contribution in [3.63, 3.8) is 0 Å². The summed E-state index contributed by atoms with van der Waals surface area (Å²) in [6, 6.07) is 0.0248. The summed E-state index contributed by atoms with van der Waals surface area (Å²) >= 11 is 0. The van der Waals surface area contributed by atoms with Crippen molar-refractivity contribution in [1.82, 2.24) is 10.2 Å². The van der Waals surface area contributed by atoms with Crippen LogP contribution in [-0.2, 0) is 4.79 Å². The Hall–Kier alpha value is -0.610. The van der Waals surface area contributed by atoms with Gasteiger partial charge >= 0.3 is 0 Å². The number of nitrogens with two attached hydrogens (primary N) is 1. The fourth-order valence-electron chi connectivity index (χ4n) is 1.42. The highest BCUT2D eigenvalue weighted by Gasteiger charge is 2.22. The maximum absolute atomic E-state index is 11.4. The molecule has 0 spiro atoms. The number of nitrogens with one attached hydrogen (secondary N) is 1. The standard InChI is InChI=1S/C8H17N3O/c1-6-5-11(4-3-10-6)8(12)7(2)9/h6-7,10H,3-5,9H2,1-2H3/t6?,7-/m1/s1. The van der Waals surface area contributed by atoms with Crippen LogP contribution in [0.2, 0.25) is 0 Å². The molecular formula is C8H17N3O. The average molecular weight is 171 g/mol. The molecule has 1 aliphatic rings. The Morgan fingerprint density at radius 2 is 2.42 bits per heavy atom. The fourth-order valence-corrected chi connectivity index (χ4v) is 1.42. The van der Waals surface area contributed by atoms with Crippen LogP contribution < -0.4 is 11.1 Å². The molecule has 0 saturated carbocycles. The molecule has 3 N–H and O–H groups in total. The lowest BCUT2D eigenvalue weighted by Crippen LogP contribution is -2.54. The zero-order valence-electron chi connectivity index (χ0n) is 7.71. The first-order chi connectivity index (χ1) is 5.61. The zero-order chi connectivity index (χ0) is 9.14. The highest BCUT2D eigenvalue weighted by molar-refractivity contribution is 5.81. The lowest BCUT2D eigenvalue weighted by Gasteiger charge is -2.32. The predicted molar refractivity (Wildman–Crippen MR) is 47.7 cm³/mol. The molecule has 12 heavy (non-hydrogen) atoms. The van der Waals surface area contributed by atoms with Crippen LogP contribution in [0.15, 0.2) is 0 Å². The maximum Gasteiger partial charge on any atom is 0.239 e. The molecule has 0 aromatic heterocycles. The lowest BCUT2D eigenvalue weighted by molar-refractivity contribution is -0.133. The number of carbonyl (C=O) groups excluding carboxylic acids is 1. The highest BCUT2D eigenvalue weighted by Crippen LogP contribution is 2.00. The van der Waals surface area contributed by atoms with E-state index < -0.39 is 0 Å². The summed E-state index contributed by atoms with van der Waals surface area (Å²) in [4.78, 5) is 13.2. The first-order valence-corrected chi connectivity index (χ1v) is 4.39. The minimum atomic E-state index is -0.365. The number of carbonyl (C=O) groups is 1. The second kappa shape index (κ2) is 3.87. The molecule has 1 saturated heterocycles. The van der Waals surface area contributed by atoms with Crippen LogP contribution in [0.5, 0.6) is 0 Å². The van der Waals surface area contributed by atoms with Crippen molar-refractivity contribution in [2.24, 2.45) is 5.73 Å². The van der Waals surface area contributed by atoms with Gasteiger partial charge in [-0.3, -0.25) is 4.79 Å². The summed E-state index contributed by atoms with van der Waals surface area (Å²) in [6.45, 7) is 6.24. The highest BCUT2D eigenvalue weighted by atomic mass is 16.2. The van der Waals surface area contributed by atoms with Gasteiger partial charge in [0.15, 0.2) is 0 Å². The summed E-state index contributed by atoms with van der Waals surface area (Å²) in [5.41, 5.74) is 5.50. The van der Waals surface area contributed by atoms with E-state index in [4.69, 9.17) is 5.73 Å². The third kappa shape index (κ3) is 2.19. The van der Waals surface area contributed by atoms with Crippen LogP contribution in [0.25, 0.3) is 0 Å². The van der Waals surface area contributed by atoms with Crippen molar-refractivity contribution in [3.05, 3.63) is 0 Å². The molecule has 70 valence electrons. The van der Waals surface area contributed by atoms with Gasteiger partial charge in [0.1, 0.15) is 0 Å². The van der Waals surface area contributed by atoms with Crippen molar-refractivity contribution < 1.29 is 4.79 Å². The van der Waals surface area contributed by atoms with Gasteiger partial charge in [-0.25, -0.2) is 0 Å². The molecule has 0 aliphatic carbocycles. The molecule has 1 rings (SSSR count). The van der Waals surface area contributed by atoms with Crippen molar-refractivity contribution in [2.45, 2.75) is 25.9 Å². The average Bonchev–Trinajstić information content (AvgIpc) is 2.03. The van der Waals surface area contributed by atoms with E-state index in [0.29, 0.717) is 6.04 Å². The summed E-state index contributed by atoms with van der Waals surface area (Å²) in [7, 11) is 0. The van der Waals surface area contributed by atoms with E-state index in [-0.39, 0.29) is 11.9 Å². The van der Waals surface area contributed by atoms with Gasteiger partial charge in [-0.15, -0.1) is 0 Å². The third-order valence-corrected chi connectivity index (χ3v) is 2.07. The van der Waals surface area contributed by atoms with Gasteiger partial charge in [-0.2, -0.15) is 0 Å². The topological polar surface area (TPSA) is 58.4 Å². The summed E-state index contributed by atoms with van der Waals surface area (Å²) in [5, 5.41) is 3.27. The van der Waals surface area contributed by atoms with Crippen LogP contribution in [0.1, 0.15) is 13.8 Å². The Labute approximate surface area is 73.1 Å². The van der Waals surface area contributed by atoms with E-state index in [0.717, 1.165) is 19.6 Å². The van der Waals surface area contributed by atoms with E-state index >= 15 is 0 Å². The quantitative estimate of drug-likeness (QED) is 0.540. The van der Waals surface area contributed by atoms with Crippen molar-refractivity contribution >= 4 is 5.91 Å². The largest absolute Gasteiger partial charge is 0.339 e. The molecule has 1 unspecified atom stereocenters. The monoisotopic (exact) mass is 171 g/mol. The fraction of sp³-hybridized carbons (Fsp3) is 0.875. The van der Waals surface area contributed by atoms with Gasteiger partial charge in [-0.05, 0) is 13.8 Å². The summed E-state index contributed by atoms with van der Waals surface area (Å²) in [6.07, 6.45) is 0. The number of amides is 1. The molecule has 0 aromatic carbocycles. The lowest BCUT2D eigenvalue weighted by atomic mass is 10.2. The molecule has 4 nitrogen and oxygen atoms in total.